The second-order valence-corrected chi connectivity index (χ2v) is 11.3. The predicted octanol–water partition coefficient (Wildman–Crippen LogP) is 11.0. The molecule has 0 aliphatic carbocycles. The highest BCUT2D eigenvalue weighted by Gasteiger charge is 2.30. The molecule has 1 aliphatic rings. The van der Waals surface area contributed by atoms with Crippen LogP contribution >= 0.6 is 0 Å². The summed E-state index contributed by atoms with van der Waals surface area (Å²) in [5.41, 5.74) is 26.3. The summed E-state index contributed by atoms with van der Waals surface area (Å²) < 4.78 is 1.53. The Morgan fingerprint density at radius 1 is 0.538 bits per heavy atom. The molecular formula is C37H54N2. The number of rotatable bonds is 16. The van der Waals surface area contributed by atoms with Gasteiger partial charge in [-0.15, -0.1) is 0 Å². The molecule has 2 aromatic carbocycles. The van der Waals surface area contributed by atoms with Gasteiger partial charge in [0.1, 0.15) is 0 Å². The van der Waals surface area contributed by atoms with Gasteiger partial charge in [0.2, 0.25) is 11.4 Å². The van der Waals surface area contributed by atoms with Crippen molar-refractivity contribution < 1.29 is 4.70 Å². The molecule has 39 heavy (non-hydrogen) atoms. The van der Waals surface area contributed by atoms with E-state index in [1.54, 1.807) is 0 Å². The Hall–Kier alpha value is -2.48. The predicted molar refractivity (Wildman–Crippen MR) is 170 cm³/mol. The van der Waals surface area contributed by atoms with E-state index in [2.05, 4.69) is 78.8 Å². The Bertz CT molecular complexity index is 1140. The number of nitrogens with zero attached hydrogens (tertiary/aromatic N) is 2. The molecule has 0 saturated heterocycles. The molecule has 0 amide bonds. The molecule has 0 radical (unpaired) electrons. The van der Waals surface area contributed by atoms with Gasteiger partial charge in [-0.05, 0) is 122 Å². The summed E-state index contributed by atoms with van der Waals surface area (Å²) in [7, 11) is 0. The minimum atomic E-state index is 0.939. The van der Waals surface area contributed by atoms with E-state index < -0.39 is 0 Å². The fourth-order valence-electron chi connectivity index (χ4n) is 6.31. The molecule has 0 saturated carbocycles. The highest BCUT2D eigenvalue weighted by Crippen LogP contribution is 2.40. The summed E-state index contributed by atoms with van der Waals surface area (Å²) in [5, 5.41) is 0. The third kappa shape index (κ3) is 7.19. The van der Waals surface area contributed by atoms with Crippen molar-refractivity contribution in [2.45, 2.75) is 138 Å². The summed E-state index contributed by atoms with van der Waals surface area (Å²) in [6.07, 6.45) is 18.2. The van der Waals surface area contributed by atoms with Crippen LogP contribution in [-0.4, -0.2) is 4.70 Å². The fourth-order valence-corrected chi connectivity index (χ4v) is 6.31. The molecule has 3 rings (SSSR count). The summed E-state index contributed by atoms with van der Waals surface area (Å²) in [6.45, 7) is 15.9. The van der Waals surface area contributed by atoms with Crippen molar-refractivity contribution in [1.82, 2.24) is 0 Å². The van der Waals surface area contributed by atoms with Gasteiger partial charge in [-0.2, -0.15) is 0 Å². The van der Waals surface area contributed by atoms with E-state index >= 15 is 0 Å². The third-order valence-corrected chi connectivity index (χ3v) is 8.63. The van der Waals surface area contributed by atoms with Gasteiger partial charge in [0.25, 0.3) is 0 Å². The first kappa shape index (κ1) is 31.1. The summed E-state index contributed by atoms with van der Waals surface area (Å²) in [4.78, 5) is 0. The molecule has 0 N–H and O–H groups in total. The van der Waals surface area contributed by atoms with Crippen LogP contribution in [0.2, 0.25) is 0 Å². The standard InChI is InChI=1S/C37H54N2/c1-8-15-18-19-31-26-36(32-22-27(11-4)34(20-16-9-2)28(12-5)23-32)39(38)37(31)33-24-29(13-6)35(21-17-10-3)30(14-7)25-33/h22-26H,8-21H2,1-7H3. The van der Waals surface area contributed by atoms with Crippen LogP contribution in [0.25, 0.3) is 16.9 Å². The van der Waals surface area contributed by atoms with Crippen LogP contribution < -0.4 is 0 Å². The molecule has 0 spiro atoms. The normalized spacial score (nSPS) is 13.5. The van der Waals surface area contributed by atoms with Crippen LogP contribution in [0.3, 0.4) is 0 Å². The fraction of sp³-hybridized carbons (Fsp3) is 0.568. The Kier molecular flexibility index (Phi) is 12.2. The third-order valence-electron chi connectivity index (χ3n) is 8.63. The molecule has 2 nitrogen and oxygen atoms in total. The van der Waals surface area contributed by atoms with Gasteiger partial charge in [-0.25, -0.2) is 4.70 Å². The first-order chi connectivity index (χ1) is 19.0. The molecule has 212 valence electrons. The zero-order valence-electron chi connectivity index (χ0n) is 26.2. The van der Waals surface area contributed by atoms with E-state index in [9.17, 15) is 5.53 Å². The summed E-state index contributed by atoms with van der Waals surface area (Å²) in [5.74, 6) is 0. The van der Waals surface area contributed by atoms with E-state index in [1.165, 1.54) is 87.7 Å². The zero-order valence-corrected chi connectivity index (χ0v) is 26.2. The molecular weight excluding hydrogens is 472 g/mol. The maximum absolute atomic E-state index is 11.9. The minimum absolute atomic E-state index is 0.939. The van der Waals surface area contributed by atoms with Crippen LogP contribution in [0, 0.1) is 0 Å². The number of unbranched alkanes of at least 4 members (excludes halogenated alkanes) is 4. The molecule has 1 aliphatic heterocycles. The quantitative estimate of drug-likeness (QED) is 0.153. The summed E-state index contributed by atoms with van der Waals surface area (Å²) in [6, 6.07) is 9.47. The Labute approximate surface area is 240 Å². The molecule has 0 fully saturated rings. The van der Waals surface area contributed by atoms with Crippen molar-refractivity contribution in [3.05, 3.63) is 86.0 Å². The lowest BCUT2D eigenvalue weighted by atomic mass is 9.89. The van der Waals surface area contributed by atoms with Crippen molar-refractivity contribution in [2.24, 2.45) is 0 Å². The second kappa shape index (κ2) is 15.3. The summed E-state index contributed by atoms with van der Waals surface area (Å²) >= 11 is 0. The van der Waals surface area contributed by atoms with E-state index in [1.807, 2.05) is 0 Å². The van der Waals surface area contributed by atoms with Crippen molar-refractivity contribution >= 4 is 11.4 Å². The van der Waals surface area contributed by atoms with Gasteiger partial charge in [0.05, 0.1) is 0 Å². The second-order valence-electron chi connectivity index (χ2n) is 11.3. The first-order valence-electron chi connectivity index (χ1n) is 16.2. The smallest absolute Gasteiger partial charge is 0.210 e. The van der Waals surface area contributed by atoms with E-state index in [4.69, 9.17) is 0 Å². The van der Waals surface area contributed by atoms with Gasteiger partial charge in [-0.1, -0.05) is 74.1 Å². The number of hydrogen-bond donors (Lipinski definition) is 0. The lowest BCUT2D eigenvalue weighted by Crippen LogP contribution is -2.08. The Morgan fingerprint density at radius 3 is 1.38 bits per heavy atom. The largest absolute Gasteiger partial charge is 0.493 e. The SMILES string of the molecule is CCCCCC1=C(c2cc(CC)c(CCCC)c(CC)c2)[N+](=[N-])C(c2cc(CC)c(CCCC)c(CC)c2)=C1. The number of benzene rings is 2. The van der Waals surface area contributed by atoms with E-state index in [-0.39, 0.29) is 0 Å². The number of hydrogen-bond acceptors (Lipinski definition) is 0. The molecule has 0 unspecified atom stereocenters. The van der Waals surface area contributed by atoms with Crippen LogP contribution in [-0.2, 0) is 38.5 Å². The number of aryl methyl sites for hydroxylation is 4. The zero-order chi connectivity index (χ0) is 28.4. The Balaban J connectivity index is 2.12. The van der Waals surface area contributed by atoms with E-state index in [0.717, 1.165) is 68.3 Å². The van der Waals surface area contributed by atoms with Crippen LogP contribution in [0.5, 0.6) is 0 Å². The average Bonchev–Trinajstić information content (AvgIpc) is 3.29. The van der Waals surface area contributed by atoms with Gasteiger partial charge in [-0.3, -0.25) is 0 Å². The lowest BCUT2D eigenvalue weighted by Gasteiger charge is -2.18. The van der Waals surface area contributed by atoms with Crippen LogP contribution in [0.1, 0.15) is 144 Å². The van der Waals surface area contributed by atoms with Crippen molar-refractivity contribution in [3.63, 3.8) is 0 Å². The highest BCUT2D eigenvalue weighted by molar-refractivity contribution is 5.79. The van der Waals surface area contributed by atoms with Gasteiger partial charge < -0.3 is 5.53 Å². The molecule has 1 heterocycles. The molecule has 2 aromatic rings. The van der Waals surface area contributed by atoms with Gasteiger partial charge >= 0.3 is 0 Å². The van der Waals surface area contributed by atoms with Crippen molar-refractivity contribution in [2.75, 3.05) is 0 Å². The van der Waals surface area contributed by atoms with E-state index in [0.29, 0.717) is 0 Å². The van der Waals surface area contributed by atoms with Gasteiger partial charge in [0, 0.05) is 22.8 Å². The minimum Gasteiger partial charge on any atom is -0.493 e. The number of allylic oxidation sites excluding steroid dienone is 2. The first-order valence-corrected chi connectivity index (χ1v) is 16.2. The maximum Gasteiger partial charge on any atom is 0.210 e. The monoisotopic (exact) mass is 526 g/mol. The maximum atomic E-state index is 11.9. The van der Waals surface area contributed by atoms with Crippen molar-refractivity contribution in [3.8, 4) is 0 Å². The van der Waals surface area contributed by atoms with Gasteiger partial charge in [0.15, 0.2) is 0 Å². The Morgan fingerprint density at radius 2 is 0.974 bits per heavy atom. The molecule has 0 aromatic heterocycles. The molecule has 0 bridgehead atoms. The van der Waals surface area contributed by atoms with Crippen LogP contribution in [0.4, 0.5) is 0 Å². The lowest BCUT2D eigenvalue weighted by molar-refractivity contribution is -0.344. The molecule has 2 heteroatoms. The van der Waals surface area contributed by atoms with Crippen LogP contribution in [0.15, 0.2) is 35.9 Å². The van der Waals surface area contributed by atoms with Crippen molar-refractivity contribution in [1.29, 1.82) is 0 Å². The topological polar surface area (TPSA) is 25.3 Å². The highest BCUT2D eigenvalue weighted by atomic mass is 15.2. The molecule has 0 atom stereocenters. The average molecular weight is 527 g/mol.